The normalized spacial score (nSPS) is 15.0. The van der Waals surface area contributed by atoms with E-state index in [1.807, 2.05) is 17.5 Å². The molecule has 1 saturated heterocycles. The van der Waals surface area contributed by atoms with Crippen molar-refractivity contribution in [2.24, 2.45) is 0 Å². The number of carbonyl (C=O) groups is 4. The lowest BCUT2D eigenvalue weighted by atomic mass is 10.2. The number of methoxy groups -OCH3 is 1. The van der Waals surface area contributed by atoms with Crippen LogP contribution in [0.15, 0.2) is 101 Å². The predicted molar refractivity (Wildman–Crippen MR) is 166 cm³/mol. The van der Waals surface area contributed by atoms with Crippen LogP contribution >= 0.6 is 34.7 Å². The van der Waals surface area contributed by atoms with Crippen LogP contribution < -0.4 is 20.3 Å². The van der Waals surface area contributed by atoms with Gasteiger partial charge in [-0.05, 0) is 66.1 Å². The molecule has 1 aromatic heterocycles. The van der Waals surface area contributed by atoms with E-state index in [2.05, 4.69) is 10.6 Å². The first kappa shape index (κ1) is 29.1. The van der Waals surface area contributed by atoms with Crippen molar-refractivity contribution in [1.82, 2.24) is 5.32 Å². The van der Waals surface area contributed by atoms with Crippen molar-refractivity contribution < 1.29 is 23.9 Å². The summed E-state index contributed by atoms with van der Waals surface area (Å²) in [7, 11) is 1.48. The molecule has 1 aliphatic rings. The maximum absolute atomic E-state index is 13.3. The summed E-state index contributed by atoms with van der Waals surface area (Å²) in [6.07, 6.45) is 1.63. The number of imide groups is 1. The van der Waals surface area contributed by atoms with E-state index in [9.17, 15) is 19.2 Å². The monoisotopic (exact) mass is 617 g/mol. The first-order valence-corrected chi connectivity index (χ1v) is 14.9. The molecule has 1 aliphatic heterocycles. The second-order valence-electron chi connectivity index (χ2n) is 9.07. The summed E-state index contributed by atoms with van der Waals surface area (Å²) in [5.74, 6) is -1.17. The highest BCUT2D eigenvalue weighted by molar-refractivity contribution is 8.00. The van der Waals surface area contributed by atoms with Crippen molar-refractivity contribution >= 4 is 75.8 Å². The lowest BCUT2D eigenvalue weighted by Gasteiger charge is -2.16. The van der Waals surface area contributed by atoms with Crippen LogP contribution in [0, 0.1) is 0 Å². The number of nitrogens with zero attached hydrogens (tertiary/aromatic N) is 1. The number of hydrogen-bond acceptors (Lipinski definition) is 7. The van der Waals surface area contributed by atoms with Crippen LogP contribution in [0.4, 0.5) is 11.4 Å². The Kier molecular flexibility index (Phi) is 9.06. The second kappa shape index (κ2) is 13.1. The Morgan fingerprint density at radius 3 is 2.55 bits per heavy atom. The van der Waals surface area contributed by atoms with Gasteiger partial charge in [0, 0.05) is 27.4 Å². The van der Waals surface area contributed by atoms with E-state index in [0.29, 0.717) is 32.6 Å². The number of carbonyl (C=O) groups excluding carboxylic acids is 4. The first-order chi connectivity index (χ1) is 20.3. The van der Waals surface area contributed by atoms with Crippen molar-refractivity contribution in [2.45, 2.75) is 16.6 Å². The lowest BCUT2D eigenvalue weighted by molar-refractivity contribution is -0.121. The van der Waals surface area contributed by atoms with E-state index in [0.717, 1.165) is 9.78 Å². The summed E-state index contributed by atoms with van der Waals surface area (Å²) in [6, 6.07) is 24.0. The van der Waals surface area contributed by atoms with Gasteiger partial charge < -0.3 is 15.4 Å². The fourth-order valence-electron chi connectivity index (χ4n) is 4.23. The number of nitrogens with one attached hydrogen (secondary N) is 2. The molecule has 4 amide bonds. The zero-order valence-corrected chi connectivity index (χ0v) is 24.6. The number of thiophene rings is 1. The predicted octanol–water partition coefficient (Wildman–Crippen LogP) is 6.24. The maximum atomic E-state index is 13.3. The Balaban J connectivity index is 1.30. The molecule has 0 spiro atoms. The molecular formula is C31H24ClN3O5S2. The molecule has 0 aliphatic carbocycles. The van der Waals surface area contributed by atoms with E-state index in [4.69, 9.17) is 16.3 Å². The Morgan fingerprint density at radius 1 is 1.02 bits per heavy atom. The van der Waals surface area contributed by atoms with E-state index in [-0.39, 0.29) is 23.9 Å². The van der Waals surface area contributed by atoms with Crippen LogP contribution in [0.3, 0.4) is 0 Å². The van der Waals surface area contributed by atoms with Crippen molar-refractivity contribution in [1.29, 1.82) is 0 Å². The van der Waals surface area contributed by atoms with Crippen LogP contribution in [-0.4, -0.2) is 36.0 Å². The van der Waals surface area contributed by atoms with Gasteiger partial charge in [-0.3, -0.25) is 19.2 Å². The van der Waals surface area contributed by atoms with Gasteiger partial charge in [0.25, 0.3) is 11.8 Å². The van der Waals surface area contributed by atoms with Gasteiger partial charge in [-0.2, -0.15) is 0 Å². The number of ether oxygens (including phenoxy) is 1. The Bertz CT molecular complexity index is 1680. The molecule has 0 saturated carbocycles. The molecule has 11 heteroatoms. The number of anilines is 2. The molecule has 2 heterocycles. The van der Waals surface area contributed by atoms with E-state index < -0.39 is 17.1 Å². The number of amides is 4. The minimum atomic E-state index is -0.649. The second-order valence-corrected chi connectivity index (χ2v) is 11.7. The smallest absolute Gasteiger partial charge is 0.272 e. The molecule has 8 nitrogen and oxygen atoms in total. The Morgan fingerprint density at radius 2 is 1.83 bits per heavy atom. The van der Waals surface area contributed by atoms with Crippen LogP contribution in [-0.2, 0) is 14.4 Å². The van der Waals surface area contributed by atoms with Gasteiger partial charge in [0.15, 0.2) is 0 Å². The Labute approximate surface area is 255 Å². The third kappa shape index (κ3) is 6.73. The highest BCUT2D eigenvalue weighted by Gasteiger charge is 2.40. The number of hydrogen-bond donors (Lipinski definition) is 2. The third-order valence-electron chi connectivity index (χ3n) is 6.23. The van der Waals surface area contributed by atoms with Crippen molar-refractivity contribution in [3.8, 4) is 5.75 Å². The number of halogens is 1. The largest absolute Gasteiger partial charge is 0.495 e. The molecule has 4 aromatic rings. The molecule has 1 fully saturated rings. The standard InChI is InChI=1S/C31H24ClN3O5S2/c1-40-26-13-12-21(16-24(26)32)35-28(36)18-27(31(35)39)42-23-10-5-9-20(15-23)33-30(38)25(17-22-11-6-14-41-22)34-29(37)19-7-3-2-4-8-19/h2-17,27H,18H2,1H3,(H,33,38)(H,34,37)/b25-17-/t27-/m1/s1. The minimum Gasteiger partial charge on any atom is -0.495 e. The average molecular weight is 618 g/mol. The Hall–Kier alpha value is -4.38. The van der Waals surface area contributed by atoms with Gasteiger partial charge in [-0.25, -0.2) is 4.90 Å². The van der Waals surface area contributed by atoms with Crippen LogP contribution in [0.2, 0.25) is 5.02 Å². The summed E-state index contributed by atoms with van der Waals surface area (Å²) < 4.78 is 5.16. The van der Waals surface area contributed by atoms with Crippen molar-refractivity contribution in [3.05, 3.63) is 111 Å². The van der Waals surface area contributed by atoms with Crippen LogP contribution in [0.1, 0.15) is 21.7 Å². The maximum Gasteiger partial charge on any atom is 0.272 e. The van der Waals surface area contributed by atoms with Gasteiger partial charge in [0.1, 0.15) is 11.4 Å². The van der Waals surface area contributed by atoms with E-state index in [1.54, 1.807) is 72.8 Å². The lowest BCUT2D eigenvalue weighted by Crippen LogP contribution is -2.31. The highest BCUT2D eigenvalue weighted by atomic mass is 35.5. The highest BCUT2D eigenvalue weighted by Crippen LogP contribution is 2.37. The SMILES string of the molecule is COc1ccc(N2C(=O)C[C@@H](Sc3cccc(NC(=O)/C(=C/c4cccs4)NC(=O)c4ccccc4)c3)C2=O)cc1Cl. The third-order valence-corrected chi connectivity index (χ3v) is 8.52. The molecule has 0 bridgehead atoms. The van der Waals surface area contributed by atoms with Gasteiger partial charge in [0.05, 0.1) is 23.1 Å². The fraction of sp³-hybridized carbons (Fsp3) is 0.0968. The number of thioether (sulfide) groups is 1. The molecule has 5 rings (SSSR count). The zero-order chi connectivity index (χ0) is 29.6. The molecule has 3 aromatic carbocycles. The van der Waals surface area contributed by atoms with Gasteiger partial charge in [-0.1, -0.05) is 41.9 Å². The molecule has 0 radical (unpaired) electrons. The van der Waals surface area contributed by atoms with Crippen molar-refractivity contribution in [3.63, 3.8) is 0 Å². The summed E-state index contributed by atoms with van der Waals surface area (Å²) in [5, 5.41) is 7.06. The average Bonchev–Trinajstić information content (AvgIpc) is 3.60. The molecule has 2 N–H and O–H groups in total. The molecular weight excluding hydrogens is 594 g/mol. The van der Waals surface area contributed by atoms with E-state index >= 15 is 0 Å². The molecule has 42 heavy (non-hydrogen) atoms. The first-order valence-electron chi connectivity index (χ1n) is 12.7. The van der Waals surface area contributed by atoms with Gasteiger partial charge >= 0.3 is 0 Å². The summed E-state index contributed by atoms with van der Waals surface area (Å²) >= 11 is 8.87. The molecule has 0 unspecified atom stereocenters. The molecule has 212 valence electrons. The summed E-state index contributed by atoms with van der Waals surface area (Å²) in [4.78, 5) is 54.7. The van der Waals surface area contributed by atoms with Crippen LogP contribution in [0.5, 0.6) is 5.75 Å². The van der Waals surface area contributed by atoms with E-state index in [1.165, 1.54) is 36.3 Å². The number of benzene rings is 3. The number of rotatable bonds is 9. The summed E-state index contributed by atoms with van der Waals surface area (Å²) in [6.45, 7) is 0. The minimum absolute atomic E-state index is 0.0168. The quantitative estimate of drug-likeness (QED) is 0.170. The topological polar surface area (TPSA) is 105 Å². The fourth-order valence-corrected chi connectivity index (χ4v) is 6.25. The summed E-state index contributed by atoms with van der Waals surface area (Å²) in [5.41, 5.74) is 1.34. The zero-order valence-electron chi connectivity index (χ0n) is 22.2. The van der Waals surface area contributed by atoms with Gasteiger partial charge in [0.2, 0.25) is 11.8 Å². The van der Waals surface area contributed by atoms with Crippen molar-refractivity contribution in [2.75, 3.05) is 17.3 Å². The van der Waals surface area contributed by atoms with Gasteiger partial charge in [-0.15, -0.1) is 23.1 Å². The molecule has 1 atom stereocenters. The van der Waals surface area contributed by atoms with Crippen LogP contribution in [0.25, 0.3) is 6.08 Å².